The fourth-order valence-corrected chi connectivity index (χ4v) is 2.06. The molecule has 0 spiro atoms. The minimum absolute atomic E-state index is 0.636. The average molecular weight is 278 g/mol. The van der Waals surface area contributed by atoms with Crippen LogP contribution in [-0.2, 0) is 6.54 Å². The fraction of sp³-hybridized carbons (Fsp3) is 0.688. The highest BCUT2D eigenvalue weighted by Gasteiger charge is 2.10. The van der Waals surface area contributed by atoms with E-state index < -0.39 is 0 Å². The lowest BCUT2D eigenvalue weighted by Gasteiger charge is -2.27. The Bertz CT molecular complexity index is 376. The first-order valence-electron chi connectivity index (χ1n) is 7.59. The summed E-state index contributed by atoms with van der Waals surface area (Å²) in [5.41, 5.74) is 1.11. The number of nitrogens with one attached hydrogen (secondary N) is 1. The Morgan fingerprint density at radius 1 is 1.20 bits per heavy atom. The molecular weight excluding hydrogens is 248 g/mol. The van der Waals surface area contributed by atoms with Gasteiger partial charge in [-0.25, -0.2) is 4.98 Å². The van der Waals surface area contributed by atoms with Gasteiger partial charge in [-0.3, -0.25) is 0 Å². The van der Waals surface area contributed by atoms with E-state index in [0.717, 1.165) is 44.2 Å². The molecule has 4 nitrogen and oxygen atoms in total. The van der Waals surface area contributed by atoms with E-state index in [1.165, 1.54) is 0 Å². The minimum Gasteiger partial charge on any atom is -0.355 e. The number of likely N-dealkylation sites (N-methyl/N-ethyl adjacent to an activating group) is 1. The van der Waals surface area contributed by atoms with Crippen LogP contribution in [0, 0.1) is 5.92 Å². The van der Waals surface area contributed by atoms with Crippen molar-refractivity contribution in [1.29, 1.82) is 0 Å². The molecule has 0 aliphatic rings. The summed E-state index contributed by atoms with van der Waals surface area (Å²) < 4.78 is 0. The Labute approximate surface area is 124 Å². The monoisotopic (exact) mass is 278 g/mol. The van der Waals surface area contributed by atoms with Crippen molar-refractivity contribution in [3.63, 3.8) is 0 Å². The maximum atomic E-state index is 4.79. The first-order chi connectivity index (χ1) is 9.52. The SMILES string of the molecule is CCNCc1cccc(N(CCN(C)C)CC(C)C)n1. The van der Waals surface area contributed by atoms with Gasteiger partial charge in [0.15, 0.2) is 0 Å². The third-order valence-electron chi connectivity index (χ3n) is 3.07. The van der Waals surface area contributed by atoms with E-state index in [1.54, 1.807) is 0 Å². The summed E-state index contributed by atoms with van der Waals surface area (Å²) in [6, 6.07) is 6.32. The lowest BCUT2D eigenvalue weighted by atomic mass is 10.2. The summed E-state index contributed by atoms with van der Waals surface area (Å²) in [6.45, 7) is 11.6. The Hall–Kier alpha value is -1.13. The smallest absolute Gasteiger partial charge is 0.128 e. The molecule has 1 aromatic rings. The van der Waals surface area contributed by atoms with Crippen molar-refractivity contribution in [2.24, 2.45) is 5.92 Å². The summed E-state index contributed by atoms with van der Waals surface area (Å²) in [6.07, 6.45) is 0. The number of rotatable bonds is 9. The van der Waals surface area contributed by atoms with Gasteiger partial charge in [0.2, 0.25) is 0 Å². The van der Waals surface area contributed by atoms with Gasteiger partial charge >= 0.3 is 0 Å². The molecule has 0 fully saturated rings. The zero-order valence-corrected chi connectivity index (χ0v) is 13.7. The van der Waals surface area contributed by atoms with Crippen molar-refractivity contribution in [2.75, 3.05) is 45.2 Å². The lowest BCUT2D eigenvalue weighted by molar-refractivity contribution is 0.408. The molecule has 20 heavy (non-hydrogen) atoms. The summed E-state index contributed by atoms with van der Waals surface area (Å²) in [5, 5.41) is 3.33. The number of hydrogen-bond donors (Lipinski definition) is 1. The predicted molar refractivity (Wildman–Crippen MR) is 87.2 cm³/mol. The number of aromatic nitrogens is 1. The maximum absolute atomic E-state index is 4.79. The predicted octanol–water partition coefficient (Wildman–Crippen LogP) is 2.22. The molecule has 0 aromatic carbocycles. The first-order valence-corrected chi connectivity index (χ1v) is 7.59. The molecule has 1 N–H and O–H groups in total. The van der Waals surface area contributed by atoms with Crippen LogP contribution in [0.25, 0.3) is 0 Å². The second-order valence-corrected chi connectivity index (χ2v) is 5.91. The first kappa shape index (κ1) is 16.9. The zero-order chi connectivity index (χ0) is 15.0. The van der Waals surface area contributed by atoms with Crippen LogP contribution in [-0.4, -0.2) is 50.2 Å². The molecule has 0 bridgehead atoms. The number of anilines is 1. The van der Waals surface area contributed by atoms with E-state index in [-0.39, 0.29) is 0 Å². The molecule has 0 aliphatic carbocycles. The Morgan fingerprint density at radius 3 is 2.55 bits per heavy atom. The van der Waals surface area contributed by atoms with Crippen molar-refractivity contribution in [3.05, 3.63) is 23.9 Å². The van der Waals surface area contributed by atoms with Crippen molar-refractivity contribution >= 4 is 5.82 Å². The molecule has 0 saturated carbocycles. The van der Waals surface area contributed by atoms with Gasteiger partial charge in [0.1, 0.15) is 5.82 Å². The molecule has 0 radical (unpaired) electrons. The Kier molecular flexibility index (Phi) is 7.55. The van der Waals surface area contributed by atoms with Gasteiger partial charge in [0.25, 0.3) is 0 Å². The zero-order valence-electron chi connectivity index (χ0n) is 13.7. The van der Waals surface area contributed by atoms with E-state index in [4.69, 9.17) is 4.98 Å². The van der Waals surface area contributed by atoms with Crippen molar-refractivity contribution in [3.8, 4) is 0 Å². The van der Waals surface area contributed by atoms with Crippen LogP contribution in [0.5, 0.6) is 0 Å². The average Bonchev–Trinajstić information content (AvgIpc) is 2.41. The van der Waals surface area contributed by atoms with Crippen molar-refractivity contribution in [1.82, 2.24) is 15.2 Å². The van der Waals surface area contributed by atoms with Gasteiger partial charge in [0, 0.05) is 26.2 Å². The minimum atomic E-state index is 0.636. The lowest BCUT2D eigenvalue weighted by Crippen LogP contribution is -2.35. The van der Waals surface area contributed by atoms with Crippen LogP contribution in [0.3, 0.4) is 0 Å². The largest absolute Gasteiger partial charge is 0.355 e. The van der Waals surface area contributed by atoms with Gasteiger partial charge in [-0.15, -0.1) is 0 Å². The second kappa shape index (κ2) is 8.93. The van der Waals surface area contributed by atoms with Gasteiger partial charge in [0.05, 0.1) is 5.69 Å². The molecule has 0 atom stereocenters. The standard InChI is InChI=1S/C16H30N4/c1-6-17-12-15-8-7-9-16(18-15)20(13-14(2)3)11-10-19(4)5/h7-9,14,17H,6,10-13H2,1-5H3. The van der Waals surface area contributed by atoms with Gasteiger partial charge in [-0.2, -0.15) is 0 Å². The highest BCUT2D eigenvalue weighted by atomic mass is 15.2. The molecular formula is C16H30N4. The molecule has 0 saturated heterocycles. The topological polar surface area (TPSA) is 31.4 Å². The maximum Gasteiger partial charge on any atom is 0.128 e. The highest BCUT2D eigenvalue weighted by Crippen LogP contribution is 2.13. The van der Waals surface area contributed by atoms with Gasteiger partial charge in [-0.05, 0) is 38.7 Å². The highest BCUT2D eigenvalue weighted by molar-refractivity contribution is 5.39. The van der Waals surface area contributed by atoms with Crippen LogP contribution in [0.2, 0.25) is 0 Å². The molecule has 0 amide bonds. The number of nitrogens with zero attached hydrogens (tertiary/aromatic N) is 3. The Balaban J connectivity index is 2.77. The van der Waals surface area contributed by atoms with E-state index in [0.29, 0.717) is 5.92 Å². The van der Waals surface area contributed by atoms with Gasteiger partial charge < -0.3 is 15.1 Å². The van der Waals surface area contributed by atoms with E-state index >= 15 is 0 Å². The van der Waals surface area contributed by atoms with Crippen LogP contribution in [0.15, 0.2) is 18.2 Å². The van der Waals surface area contributed by atoms with Gasteiger partial charge in [-0.1, -0.05) is 26.8 Å². The van der Waals surface area contributed by atoms with Crippen LogP contribution < -0.4 is 10.2 Å². The van der Waals surface area contributed by atoms with E-state index in [2.05, 4.69) is 68.2 Å². The molecule has 1 heterocycles. The molecule has 0 aliphatic heterocycles. The molecule has 4 heteroatoms. The van der Waals surface area contributed by atoms with E-state index in [9.17, 15) is 0 Å². The number of hydrogen-bond acceptors (Lipinski definition) is 4. The molecule has 1 rings (SSSR count). The van der Waals surface area contributed by atoms with Crippen molar-refractivity contribution < 1.29 is 0 Å². The quantitative estimate of drug-likeness (QED) is 0.750. The van der Waals surface area contributed by atoms with E-state index in [1.807, 2.05) is 0 Å². The van der Waals surface area contributed by atoms with Crippen LogP contribution >= 0.6 is 0 Å². The molecule has 0 unspecified atom stereocenters. The Morgan fingerprint density at radius 2 is 1.95 bits per heavy atom. The van der Waals surface area contributed by atoms with Crippen LogP contribution in [0.4, 0.5) is 5.82 Å². The second-order valence-electron chi connectivity index (χ2n) is 5.91. The molecule has 114 valence electrons. The summed E-state index contributed by atoms with van der Waals surface area (Å²) in [7, 11) is 4.23. The number of pyridine rings is 1. The summed E-state index contributed by atoms with van der Waals surface area (Å²) in [5.74, 6) is 1.73. The normalized spacial score (nSPS) is 11.3. The summed E-state index contributed by atoms with van der Waals surface area (Å²) >= 11 is 0. The summed E-state index contributed by atoms with van der Waals surface area (Å²) in [4.78, 5) is 9.39. The fourth-order valence-electron chi connectivity index (χ4n) is 2.06. The van der Waals surface area contributed by atoms with Crippen LogP contribution in [0.1, 0.15) is 26.5 Å². The molecule has 1 aromatic heterocycles. The third-order valence-corrected chi connectivity index (χ3v) is 3.07. The third kappa shape index (κ3) is 6.35. The van der Waals surface area contributed by atoms with Crippen molar-refractivity contribution in [2.45, 2.75) is 27.3 Å².